The largest absolute Gasteiger partial charge is 0.355 e. The number of aromatic nitrogens is 4. The first-order valence-electron chi connectivity index (χ1n) is 8.71. The van der Waals surface area contributed by atoms with Crippen LogP contribution in [0.15, 0.2) is 30.7 Å². The minimum atomic E-state index is 0.561. The molecule has 2 fully saturated rings. The molecular formula is C18H24N6. The molecule has 4 rings (SSSR count). The highest BCUT2D eigenvalue weighted by atomic mass is 15.3. The fraction of sp³-hybridized carbons (Fsp3) is 0.556. The molecule has 1 saturated carbocycles. The second kappa shape index (κ2) is 6.43. The summed E-state index contributed by atoms with van der Waals surface area (Å²) in [4.78, 5) is 13.5. The summed E-state index contributed by atoms with van der Waals surface area (Å²) in [6.07, 6.45) is 8.21. The third-order valence-electron chi connectivity index (χ3n) is 5.55. The molecule has 6 heteroatoms. The van der Waals surface area contributed by atoms with E-state index in [0.29, 0.717) is 12.0 Å². The zero-order valence-electron chi connectivity index (χ0n) is 14.3. The summed E-state index contributed by atoms with van der Waals surface area (Å²) in [5, 5.41) is 8.30. The Kier molecular flexibility index (Phi) is 4.14. The standard InChI is InChI=1S/C18H24N6/c1-13-19-8-14(9-20-13)10-24-11-15-5-6-17(16(15)12-24)23(2)18-4-3-7-21-22-18/h3-4,7-9,15-17H,5-6,10-12H2,1-2H3/t15-,16+,17-/m1/s1. The molecule has 1 aliphatic heterocycles. The van der Waals surface area contributed by atoms with Crippen molar-refractivity contribution in [1.82, 2.24) is 25.1 Å². The molecule has 1 aliphatic carbocycles. The molecule has 3 heterocycles. The number of anilines is 1. The van der Waals surface area contributed by atoms with Crippen LogP contribution in [0.4, 0.5) is 5.82 Å². The topological polar surface area (TPSA) is 58.0 Å². The first-order valence-corrected chi connectivity index (χ1v) is 8.71. The maximum absolute atomic E-state index is 4.32. The molecule has 0 bridgehead atoms. The van der Waals surface area contributed by atoms with Gasteiger partial charge in [-0.1, -0.05) is 0 Å². The van der Waals surface area contributed by atoms with Crippen LogP contribution < -0.4 is 4.90 Å². The molecule has 126 valence electrons. The number of hydrogen-bond acceptors (Lipinski definition) is 6. The number of aryl methyl sites for hydroxylation is 1. The summed E-state index contributed by atoms with van der Waals surface area (Å²) < 4.78 is 0. The molecule has 3 atom stereocenters. The molecule has 6 nitrogen and oxygen atoms in total. The first-order chi connectivity index (χ1) is 11.7. The number of likely N-dealkylation sites (tertiary alicyclic amines) is 1. The average Bonchev–Trinajstić information content (AvgIpc) is 3.17. The van der Waals surface area contributed by atoms with E-state index >= 15 is 0 Å². The quantitative estimate of drug-likeness (QED) is 0.856. The summed E-state index contributed by atoms with van der Waals surface area (Å²) in [7, 11) is 2.16. The smallest absolute Gasteiger partial charge is 0.151 e. The van der Waals surface area contributed by atoms with Gasteiger partial charge in [0.2, 0.25) is 0 Å². The highest BCUT2D eigenvalue weighted by Crippen LogP contribution is 2.41. The maximum atomic E-state index is 4.32. The molecular weight excluding hydrogens is 300 g/mol. The van der Waals surface area contributed by atoms with Crippen molar-refractivity contribution in [3.63, 3.8) is 0 Å². The van der Waals surface area contributed by atoms with Gasteiger partial charge >= 0.3 is 0 Å². The summed E-state index contributed by atoms with van der Waals surface area (Å²) in [6, 6.07) is 4.58. The monoisotopic (exact) mass is 324 g/mol. The number of hydrogen-bond donors (Lipinski definition) is 0. The summed E-state index contributed by atoms with van der Waals surface area (Å²) >= 11 is 0. The van der Waals surface area contributed by atoms with Crippen molar-refractivity contribution in [2.75, 3.05) is 25.0 Å². The van der Waals surface area contributed by atoms with E-state index in [4.69, 9.17) is 0 Å². The molecule has 1 saturated heterocycles. The van der Waals surface area contributed by atoms with E-state index in [1.54, 1.807) is 6.20 Å². The van der Waals surface area contributed by atoms with Crippen LogP contribution in [0.5, 0.6) is 0 Å². The molecule has 2 aromatic rings. The van der Waals surface area contributed by atoms with E-state index in [9.17, 15) is 0 Å². The lowest BCUT2D eigenvalue weighted by Crippen LogP contribution is -2.38. The Morgan fingerprint density at radius 3 is 2.79 bits per heavy atom. The zero-order valence-corrected chi connectivity index (χ0v) is 14.3. The van der Waals surface area contributed by atoms with Gasteiger partial charge in [-0.3, -0.25) is 4.90 Å². The van der Waals surface area contributed by atoms with Gasteiger partial charge in [0, 0.05) is 56.9 Å². The van der Waals surface area contributed by atoms with Gasteiger partial charge in [-0.2, -0.15) is 5.10 Å². The molecule has 2 aromatic heterocycles. The van der Waals surface area contributed by atoms with Gasteiger partial charge in [0.1, 0.15) is 5.82 Å². The van der Waals surface area contributed by atoms with Gasteiger partial charge in [0.25, 0.3) is 0 Å². The molecule has 0 amide bonds. The van der Waals surface area contributed by atoms with E-state index in [0.717, 1.165) is 30.6 Å². The van der Waals surface area contributed by atoms with Gasteiger partial charge in [-0.25, -0.2) is 9.97 Å². The average molecular weight is 324 g/mol. The van der Waals surface area contributed by atoms with Crippen molar-refractivity contribution in [1.29, 1.82) is 0 Å². The Balaban J connectivity index is 1.42. The van der Waals surface area contributed by atoms with E-state index in [2.05, 4.69) is 43.1 Å². The van der Waals surface area contributed by atoms with Gasteiger partial charge < -0.3 is 4.90 Å². The summed E-state index contributed by atoms with van der Waals surface area (Å²) in [5.41, 5.74) is 1.21. The second-order valence-electron chi connectivity index (χ2n) is 7.09. The second-order valence-corrected chi connectivity index (χ2v) is 7.09. The lowest BCUT2D eigenvalue weighted by Gasteiger charge is -2.30. The molecule has 0 aromatic carbocycles. The number of fused-ring (bicyclic) bond motifs is 1. The van der Waals surface area contributed by atoms with Crippen molar-refractivity contribution in [3.8, 4) is 0 Å². The Hall–Kier alpha value is -2.08. The molecule has 2 aliphatic rings. The summed E-state index contributed by atoms with van der Waals surface area (Å²) in [6.45, 7) is 5.21. The molecule has 0 radical (unpaired) electrons. The highest BCUT2D eigenvalue weighted by molar-refractivity contribution is 5.37. The van der Waals surface area contributed by atoms with Crippen molar-refractivity contribution < 1.29 is 0 Å². The predicted octanol–water partition coefficient (Wildman–Crippen LogP) is 1.92. The zero-order chi connectivity index (χ0) is 16.5. The minimum absolute atomic E-state index is 0.561. The van der Waals surface area contributed by atoms with Crippen LogP contribution in [-0.2, 0) is 6.54 Å². The Labute approximate surface area is 142 Å². The van der Waals surface area contributed by atoms with Crippen LogP contribution in [0, 0.1) is 18.8 Å². The Morgan fingerprint density at radius 2 is 2.04 bits per heavy atom. The van der Waals surface area contributed by atoms with Crippen molar-refractivity contribution >= 4 is 5.82 Å². The van der Waals surface area contributed by atoms with Gasteiger partial charge in [0.05, 0.1) is 0 Å². The first kappa shape index (κ1) is 15.4. The van der Waals surface area contributed by atoms with Crippen LogP contribution in [-0.4, -0.2) is 51.2 Å². The van der Waals surface area contributed by atoms with Crippen molar-refractivity contribution in [3.05, 3.63) is 42.1 Å². The Bertz CT molecular complexity index is 674. The molecule has 0 N–H and O–H groups in total. The fourth-order valence-corrected chi connectivity index (χ4v) is 4.35. The van der Waals surface area contributed by atoms with E-state index in [1.807, 2.05) is 25.4 Å². The maximum Gasteiger partial charge on any atom is 0.151 e. The van der Waals surface area contributed by atoms with Gasteiger partial charge in [-0.05, 0) is 43.7 Å². The highest BCUT2D eigenvalue weighted by Gasteiger charge is 2.44. The van der Waals surface area contributed by atoms with E-state index in [-0.39, 0.29) is 0 Å². The van der Waals surface area contributed by atoms with Crippen LogP contribution >= 0.6 is 0 Å². The minimum Gasteiger partial charge on any atom is -0.355 e. The lowest BCUT2D eigenvalue weighted by atomic mass is 9.97. The summed E-state index contributed by atoms with van der Waals surface area (Å²) in [5.74, 6) is 3.32. The van der Waals surface area contributed by atoms with Crippen molar-refractivity contribution in [2.24, 2.45) is 11.8 Å². The third kappa shape index (κ3) is 2.98. The molecule has 0 spiro atoms. The predicted molar refractivity (Wildman–Crippen MR) is 92.5 cm³/mol. The van der Waals surface area contributed by atoms with Crippen LogP contribution in [0.2, 0.25) is 0 Å². The van der Waals surface area contributed by atoms with Crippen LogP contribution in [0.3, 0.4) is 0 Å². The van der Waals surface area contributed by atoms with E-state index in [1.165, 1.54) is 24.9 Å². The number of nitrogens with zero attached hydrogens (tertiary/aromatic N) is 6. The SMILES string of the molecule is Cc1ncc(CN2C[C@H]3CC[C@@H](N(C)c4cccnn4)[C@H]3C2)cn1. The fourth-order valence-electron chi connectivity index (χ4n) is 4.35. The van der Waals surface area contributed by atoms with Crippen LogP contribution in [0.25, 0.3) is 0 Å². The number of rotatable bonds is 4. The lowest BCUT2D eigenvalue weighted by molar-refractivity contribution is 0.296. The van der Waals surface area contributed by atoms with Gasteiger partial charge in [-0.15, -0.1) is 5.10 Å². The van der Waals surface area contributed by atoms with Gasteiger partial charge in [0.15, 0.2) is 5.82 Å². The van der Waals surface area contributed by atoms with E-state index < -0.39 is 0 Å². The Morgan fingerprint density at radius 1 is 1.21 bits per heavy atom. The van der Waals surface area contributed by atoms with Crippen molar-refractivity contribution in [2.45, 2.75) is 32.4 Å². The third-order valence-corrected chi connectivity index (χ3v) is 5.55. The van der Waals surface area contributed by atoms with Crippen LogP contribution in [0.1, 0.15) is 24.2 Å². The normalized spacial score (nSPS) is 26.5. The molecule has 24 heavy (non-hydrogen) atoms. The molecule has 0 unspecified atom stereocenters.